The number of aromatic nitrogens is 2. The summed E-state index contributed by atoms with van der Waals surface area (Å²) in [6.45, 7) is 1.96. The van der Waals surface area contributed by atoms with Crippen LogP contribution in [0.1, 0.15) is 15.9 Å². The molecule has 1 aromatic heterocycles. The number of halogens is 1. The predicted octanol–water partition coefficient (Wildman–Crippen LogP) is 1.88. The van der Waals surface area contributed by atoms with Crippen molar-refractivity contribution in [1.29, 1.82) is 0 Å². The van der Waals surface area contributed by atoms with Gasteiger partial charge in [-0.15, -0.1) is 0 Å². The van der Waals surface area contributed by atoms with Crippen LogP contribution in [0.2, 0.25) is 0 Å². The topological polar surface area (TPSA) is 60.9 Å². The fourth-order valence-corrected chi connectivity index (χ4v) is 1.86. The molecule has 5 heteroatoms. The third-order valence-corrected chi connectivity index (χ3v) is 2.77. The van der Waals surface area contributed by atoms with Crippen LogP contribution in [-0.2, 0) is 0 Å². The monoisotopic (exact) mass is 327 g/mol. The minimum Gasteiger partial charge on any atom is -0.366 e. The molecule has 0 aliphatic heterocycles. The van der Waals surface area contributed by atoms with E-state index >= 15 is 0 Å². The van der Waals surface area contributed by atoms with Gasteiger partial charge in [0.05, 0.1) is 21.0 Å². The first-order chi connectivity index (χ1) is 7.58. The van der Waals surface area contributed by atoms with E-state index in [2.05, 4.69) is 27.7 Å². The lowest BCUT2D eigenvalue weighted by molar-refractivity contribution is 0.1000. The molecular formula is C11H10IN3O. The maximum atomic E-state index is 11.3. The van der Waals surface area contributed by atoms with Gasteiger partial charge in [-0.2, -0.15) is 5.10 Å². The van der Waals surface area contributed by atoms with Gasteiger partial charge in [0.2, 0.25) is 0 Å². The van der Waals surface area contributed by atoms with E-state index in [1.807, 2.05) is 25.3 Å². The largest absolute Gasteiger partial charge is 0.366 e. The number of carbonyl (C=O) groups is 1. The van der Waals surface area contributed by atoms with E-state index < -0.39 is 5.91 Å². The fourth-order valence-electron chi connectivity index (χ4n) is 1.47. The van der Waals surface area contributed by atoms with Crippen LogP contribution in [0.4, 0.5) is 0 Å². The zero-order chi connectivity index (χ0) is 11.7. The summed E-state index contributed by atoms with van der Waals surface area (Å²) in [5, 5.41) is 4.17. The van der Waals surface area contributed by atoms with E-state index in [0.717, 1.165) is 14.8 Å². The molecule has 2 aromatic rings. The molecule has 1 amide bonds. The van der Waals surface area contributed by atoms with E-state index in [-0.39, 0.29) is 0 Å². The Morgan fingerprint density at radius 2 is 2.25 bits per heavy atom. The van der Waals surface area contributed by atoms with Crippen molar-refractivity contribution < 1.29 is 4.79 Å². The second-order valence-corrected chi connectivity index (χ2v) is 4.73. The summed E-state index contributed by atoms with van der Waals surface area (Å²) in [5.74, 6) is -0.444. The van der Waals surface area contributed by atoms with E-state index in [1.54, 1.807) is 16.9 Å². The lowest BCUT2D eigenvalue weighted by Crippen LogP contribution is -2.15. The van der Waals surface area contributed by atoms with Crippen molar-refractivity contribution in [2.45, 2.75) is 6.92 Å². The summed E-state index contributed by atoms with van der Waals surface area (Å²) in [6.07, 6.45) is 3.58. The zero-order valence-corrected chi connectivity index (χ0v) is 10.8. The Labute approximate surface area is 107 Å². The van der Waals surface area contributed by atoms with Crippen molar-refractivity contribution in [3.8, 4) is 5.69 Å². The standard InChI is InChI=1S/C11H10IN3O/c1-7-2-3-9(11(13)16)10(4-7)15-6-8(12)5-14-15/h2-6H,1H3,(H2,13,16). The van der Waals surface area contributed by atoms with Crippen LogP contribution in [0, 0.1) is 10.5 Å². The molecule has 0 radical (unpaired) electrons. The highest BCUT2D eigenvalue weighted by Crippen LogP contribution is 2.16. The first-order valence-electron chi connectivity index (χ1n) is 4.69. The maximum Gasteiger partial charge on any atom is 0.250 e. The Kier molecular flexibility index (Phi) is 2.95. The van der Waals surface area contributed by atoms with Crippen molar-refractivity contribution >= 4 is 28.5 Å². The molecule has 0 aliphatic rings. The molecule has 0 atom stereocenters. The van der Waals surface area contributed by atoms with Gasteiger partial charge in [0, 0.05) is 6.20 Å². The number of hydrogen-bond acceptors (Lipinski definition) is 2. The van der Waals surface area contributed by atoms with E-state index in [0.29, 0.717) is 5.56 Å². The van der Waals surface area contributed by atoms with Crippen molar-refractivity contribution in [3.05, 3.63) is 45.3 Å². The molecule has 0 saturated carbocycles. The van der Waals surface area contributed by atoms with Gasteiger partial charge in [-0.05, 0) is 47.2 Å². The summed E-state index contributed by atoms with van der Waals surface area (Å²) in [6, 6.07) is 5.47. The van der Waals surface area contributed by atoms with Gasteiger partial charge in [0.1, 0.15) is 0 Å². The minimum atomic E-state index is -0.444. The number of nitrogens with zero attached hydrogens (tertiary/aromatic N) is 2. The first kappa shape index (κ1) is 11.1. The molecule has 0 fully saturated rings. The molecule has 0 unspecified atom stereocenters. The van der Waals surface area contributed by atoms with Crippen LogP contribution >= 0.6 is 22.6 Å². The number of hydrogen-bond donors (Lipinski definition) is 1. The molecule has 16 heavy (non-hydrogen) atoms. The summed E-state index contributed by atoms with van der Waals surface area (Å²) < 4.78 is 2.67. The Balaban J connectivity index is 2.62. The van der Waals surface area contributed by atoms with Crippen molar-refractivity contribution in [3.63, 3.8) is 0 Å². The van der Waals surface area contributed by atoms with Gasteiger partial charge in [0.15, 0.2) is 0 Å². The summed E-state index contributed by atoms with van der Waals surface area (Å²) in [7, 11) is 0. The number of benzene rings is 1. The Morgan fingerprint density at radius 3 is 2.81 bits per heavy atom. The molecule has 0 bridgehead atoms. The van der Waals surface area contributed by atoms with Crippen LogP contribution in [0.25, 0.3) is 5.69 Å². The van der Waals surface area contributed by atoms with Crippen LogP contribution in [-0.4, -0.2) is 15.7 Å². The molecule has 0 aliphatic carbocycles. The Bertz CT molecular complexity index is 548. The number of primary amides is 1. The quantitative estimate of drug-likeness (QED) is 0.856. The second kappa shape index (κ2) is 4.25. The highest BCUT2D eigenvalue weighted by molar-refractivity contribution is 14.1. The normalized spacial score (nSPS) is 10.4. The molecule has 1 heterocycles. The third kappa shape index (κ3) is 2.08. The number of nitrogens with two attached hydrogens (primary N) is 1. The molecule has 82 valence electrons. The molecule has 0 saturated heterocycles. The van der Waals surface area contributed by atoms with Gasteiger partial charge in [-0.3, -0.25) is 4.79 Å². The number of carbonyl (C=O) groups excluding carboxylic acids is 1. The van der Waals surface area contributed by atoms with E-state index in [1.165, 1.54) is 0 Å². The minimum absolute atomic E-state index is 0.444. The highest BCUT2D eigenvalue weighted by Gasteiger charge is 2.10. The van der Waals surface area contributed by atoms with Crippen molar-refractivity contribution in [2.24, 2.45) is 5.73 Å². The number of amides is 1. The Hall–Kier alpha value is -1.37. The molecule has 2 N–H and O–H groups in total. The molecule has 0 spiro atoms. The maximum absolute atomic E-state index is 11.3. The number of rotatable bonds is 2. The van der Waals surface area contributed by atoms with Crippen molar-refractivity contribution in [1.82, 2.24) is 9.78 Å². The van der Waals surface area contributed by atoms with Crippen LogP contribution in [0.3, 0.4) is 0 Å². The third-order valence-electron chi connectivity index (χ3n) is 2.22. The van der Waals surface area contributed by atoms with Crippen LogP contribution in [0.5, 0.6) is 0 Å². The fraction of sp³-hybridized carbons (Fsp3) is 0.0909. The summed E-state index contributed by atoms with van der Waals surface area (Å²) >= 11 is 2.17. The average molecular weight is 327 g/mol. The van der Waals surface area contributed by atoms with E-state index in [4.69, 9.17) is 5.73 Å². The second-order valence-electron chi connectivity index (χ2n) is 3.49. The van der Waals surface area contributed by atoms with Gasteiger partial charge < -0.3 is 5.73 Å². The summed E-state index contributed by atoms with van der Waals surface area (Å²) in [5.41, 5.74) is 7.58. The first-order valence-corrected chi connectivity index (χ1v) is 5.77. The summed E-state index contributed by atoms with van der Waals surface area (Å²) in [4.78, 5) is 11.3. The van der Waals surface area contributed by atoms with Crippen LogP contribution in [0.15, 0.2) is 30.6 Å². The van der Waals surface area contributed by atoms with Gasteiger partial charge in [-0.25, -0.2) is 4.68 Å². The predicted molar refractivity (Wildman–Crippen MR) is 69.5 cm³/mol. The average Bonchev–Trinajstić information content (AvgIpc) is 2.64. The number of aryl methyl sites for hydroxylation is 1. The molecule has 1 aromatic carbocycles. The SMILES string of the molecule is Cc1ccc(C(N)=O)c(-n2cc(I)cn2)c1. The van der Waals surface area contributed by atoms with Crippen LogP contribution < -0.4 is 5.73 Å². The highest BCUT2D eigenvalue weighted by atomic mass is 127. The lowest BCUT2D eigenvalue weighted by atomic mass is 10.1. The van der Waals surface area contributed by atoms with Gasteiger partial charge in [0.25, 0.3) is 5.91 Å². The van der Waals surface area contributed by atoms with Gasteiger partial charge in [-0.1, -0.05) is 6.07 Å². The Morgan fingerprint density at radius 1 is 1.50 bits per heavy atom. The zero-order valence-electron chi connectivity index (χ0n) is 8.64. The molecule has 2 rings (SSSR count). The molecule has 4 nitrogen and oxygen atoms in total. The van der Waals surface area contributed by atoms with Gasteiger partial charge >= 0.3 is 0 Å². The van der Waals surface area contributed by atoms with Crippen molar-refractivity contribution in [2.75, 3.05) is 0 Å². The lowest BCUT2D eigenvalue weighted by Gasteiger charge is -2.07. The molecular weight excluding hydrogens is 317 g/mol. The van der Waals surface area contributed by atoms with E-state index in [9.17, 15) is 4.79 Å². The smallest absolute Gasteiger partial charge is 0.250 e.